The van der Waals surface area contributed by atoms with Crippen LogP contribution in [0.25, 0.3) is 0 Å². The zero-order chi connectivity index (χ0) is 18.9. The van der Waals surface area contributed by atoms with Crippen LogP contribution >= 0.6 is 0 Å². The van der Waals surface area contributed by atoms with Crippen LogP contribution < -0.4 is 0 Å². The summed E-state index contributed by atoms with van der Waals surface area (Å²) in [6.07, 6.45) is 5.64. The molecule has 1 aromatic carbocycles. The fourth-order valence-corrected chi connectivity index (χ4v) is 3.27. The molecule has 0 aromatic heterocycles. The number of hydrogen-bond acceptors (Lipinski definition) is 4. The number of aliphatic hydroxyl groups is 1. The Morgan fingerprint density at radius 1 is 1.15 bits per heavy atom. The van der Waals surface area contributed by atoms with E-state index in [4.69, 9.17) is 5.11 Å². The summed E-state index contributed by atoms with van der Waals surface area (Å²) in [5, 5.41) is 22.8. The van der Waals surface area contributed by atoms with Crippen LogP contribution in [0.3, 0.4) is 0 Å². The summed E-state index contributed by atoms with van der Waals surface area (Å²) in [7, 11) is 0. The molecule has 0 saturated carbocycles. The van der Waals surface area contributed by atoms with Gasteiger partial charge in [0.2, 0.25) is 5.91 Å². The molecule has 0 radical (unpaired) electrons. The zero-order valence-corrected chi connectivity index (χ0v) is 15.6. The first-order chi connectivity index (χ1) is 12.5. The molecule has 1 atom stereocenters. The summed E-state index contributed by atoms with van der Waals surface area (Å²) in [6.45, 7) is 4.24. The summed E-state index contributed by atoms with van der Waals surface area (Å²) in [5.41, 5.74) is 1.29. The molecule has 0 bridgehead atoms. The van der Waals surface area contributed by atoms with E-state index in [0.29, 0.717) is 19.4 Å². The van der Waals surface area contributed by atoms with E-state index in [1.807, 2.05) is 5.01 Å². The Morgan fingerprint density at radius 3 is 2.50 bits per heavy atom. The van der Waals surface area contributed by atoms with Gasteiger partial charge in [0.15, 0.2) is 0 Å². The molecule has 0 aliphatic carbocycles. The number of unbranched alkanes of at least 4 members (excludes halogenated alkanes) is 1. The lowest BCUT2D eigenvalue weighted by Crippen LogP contribution is -2.41. The second-order valence-electron chi connectivity index (χ2n) is 6.91. The number of carbonyl (C=O) groups excluding carboxylic acids is 1. The molecule has 2 rings (SSSR count). The minimum atomic E-state index is -0.932. The van der Waals surface area contributed by atoms with Crippen molar-refractivity contribution in [2.75, 3.05) is 19.6 Å². The van der Waals surface area contributed by atoms with E-state index < -0.39 is 5.97 Å². The minimum Gasteiger partial charge on any atom is -0.478 e. The Bertz CT molecular complexity index is 588. The molecule has 1 saturated heterocycles. The lowest BCUT2D eigenvalue weighted by molar-refractivity contribution is -0.138. The average Bonchev–Trinajstić information content (AvgIpc) is 2.98. The van der Waals surface area contributed by atoms with Gasteiger partial charge in [-0.2, -0.15) is 0 Å². The van der Waals surface area contributed by atoms with E-state index in [1.165, 1.54) is 0 Å². The SMILES string of the molecule is CCCC[C@H](O)CCCN1CCC(=O)N1CCc1ccc(C(=O)O)cc1. The molecule has 1 aliphatic rings. The van der Waals surface area contributed by atoms with E-state index in [9.17, 15) is 14.7 Å². The molecule has 1 aliphatic heterocycles. The number of hydrogen-bond donors (Lipinski definition) is 2. The number of carboxylic acids is 1. The monoisotopic (exact) mass is 362 g/mol. The Morgan fingerprint density at radius 2 is 1.85 bits per heavy atom. The number of benzene rings is 1. The predicted octanol–water partition coefficient (Wildman–Crippen LogP) is 2.71. The van der Waals surface area contributed by atoms with E-state index in [0.717, 1.165) is 50.8 Å². The molecule has 6 nitrogen and oxygen atoms in total. The molecule has 2 N–H and O–H groups in total. The average molecular weight is 362 g/mol. The van der Waals surface area contributed by atoms with Gasteiger partial charge in [-0.05, 0) is 43.4 Å². The van der Waals surface area contributed by atoms with Gasteiger partial charge in [-0.25, -0.2) is 9.80 Å². The van der Waals surface area contributed by atoms with Crippen molar-refractivity contribution in [3.63, 3.8) is 0 Å². The molecular formula is C20H30N2O4. The first-order valence-corrected chi connectivity index (χ1v) is 9.56. The maximum absolute atomic E-state index is 12.1. The van der Waals surface area contributed by atoms with Gasteiger partial charge in [0.1, 0.15) is 0 Å². The van der Waals surface area contributed by atoms with E-state index in [-0.39, 0.29) is 17.6 Å². The summed E-state index contributed by atoms with van der Waals surface area (Å²) in [5.74, 6) is -0.794. The second-order valence-corrected chi connectivity index (χ2v) is 6.91. The first kappa shape index (κ1) is 20.4. The highest BCUT2D eigenvalue weighted by molar-refractivity contribution is 5.87. The zero-order valence-electron chi connectivity index (χ0n) is 15.6. The van der Waals surface area contributed by atoms with Crippen molar-refractivity contribution in [3.8, 4) is 0 Å². The molecular weight excluding hydrogens is 332 g/mol. The third-order valence-electron chi connectivity index (χ3n) is 4.87. The Balaban J connectivity index is 1.78. The topological polar surface area (TPSA) is 81.1 Å². The lowest BCUT2D eigenvalue weighted by atomic mass is 10.1. The maximum atomic E-state index is 12.1. The Kier molecular flexibility index (Phi) is 8.06. The molecule has 1 amide bonds. The van der Waals surface area contributed by atoms with Crippen molar-refractivity contribution >= 4 is 11.9 Å². The largest absolute Gasteiger partial charge is 0.478 e. The number of carbonyl (C=O) groups is 2. The van der Waals surface area contributed by atoms with E-state index >= 15 is 0 Å². The van der Waals surface area contributed by atoms with Crippen molar-refractivity contribution in [3.05, 3.63) is 35.4 Å². The fourth-order valence-electron chi connectivity index (χ4n) is 3.27. The van der Waals surface area contributed by atoms with Gasteiger partial charge in [-0.1, -0.05) is 31.9 Å². The lowest BCUT2D eigenvalue weighted by Gasteiger charge is -2.28. The van der Waals surface area contributed by atoms with Crippen LogP contribution in [0.5, 0.6) is 0 Å². The quantitative estimate of drug-likeness (QED) is 0.633. The number of hydrazine groups is 1. The highest BCUT2D eigenvalue weighted by Gasteiger charge is 2.28. The predicted molar refractivity (Wildman–Crippen MR) is 99.8 cm³/mol. The molecule has 1 aromatic rings. The Labute approximate surface area is 155 Å². The van der Waals surface area contributed by atoms with Gasteiger partial charge in [0.05, 0.1) is 11.7 Å². The molecule has 6 heteroatoms. The van der Waals surface area contributed by atoms with Crippen molar-refractivity contribution in [2.45, 2.75) is 58.0 Å². The molecule has 1 fully saturated rings. The number of aliphatic hydroxyl groups excluding tert-OH is 1. The fraction of sp³-hybridized carbons (Fsp3) is 0.600. The van der Waals surface area contributed by atoms with Gasteiger partial charge >= 0.3 is 5.97 Å². The highest BCUT2D eigenvalue weighted by Crippen LogP contribution is 2.16. The van der Waals surface area contributed by atoms with Gasteiger partial charge in [-0.15, -0.1) is 0 Å². The van der Waals surface area contributed by atoms with Crippen LogP contribution in [-0.2, 0) is 11.2 Å². The first-order valence-electron chi connectivity index (χ1n) is 9.56. The van der Waals surface area contributed by atoms with Crippen LogP contribution in [-0.4, -0.2) is 57.8 Å². The molecule has 0 spiro atoms. The summed E-state index contributed by atoms with van der Waals surface area (Å²) in [4.78, 5) is 23.0. The summed E-state index contributed by atoms with van der Waals surface area (Å²) < 4.78 is 0. The van der Waals surface area contributed by atoms with Crippen molar-refractivity contribution in [1.29, 1.82) is 0 Å². The Hall–Kier alpha value is -1.92. The number of aromatic carboxylic acids is 1. The molecule has 1 heterocycles. The number of carboxylic acid groups (broad SMARTS) is 1. The van der Waals surface area contributed by atoms with Crippen LogP contribution in [0.1, 0.15) is 61.4 Å². The van der Waals surface area contributed by atoms with Crippen molar-refractivity contribution in [1.82, 2.24) is 10.0 Å². The molecule has 26 heavy (non-hydrogen) atoms. The third kappa shape index (κ3) is 6.11. The standard InChI is InChI=1S/C20H30N2O4/c1-2-3-5-18(23)6-4-13-21-14-12-19(24)22(21)15-11-16-7-9-17(10-8-16)20(25)26/h7-10,18,23H,2-6,11-15H2,1H3,(H,25,26)/t18-/m0/s1. The highest BCUT2D eigenvalue weighted by atomic mass is 16.4. The van der Waals surface area contributed by atoms with Crippen LogP contribution in [0.2, 0.25) is 0 Å². The number of nitrogens with zero attached hydrogens (tertiary/aromatic N) is 2. The van der Waals surface area contributed by atoms with Crippen LogP contribution in [0.4, 0.5) is 0 Å². The third-order valence-corrected chi connectivity index (χ3v) is 4.87. The number of amides is 1. The maximum Gasteiger partial charge on any atom is 0.335 e. The van der Waals surface area contributed by atoms with E-state index in [1.54, 1.807) is 24.3 Å². The summed E-state index contributed by atoms with van der Waals surface area (Å²) in [6, 6.07) is 6.80. The van der Waals surface area contributed by atoms with Gasteiger partial charge in [-0.3, -0.25) is 9.80 Å². The molecule has 144 valence electrons. The van der Waals surface area contributed by atoms with Crippen LogP contribution in [0, 0.1) is 0 Å². The smallest absolute Gasteiger partial charge is 0.335 e. The minimum absolute atomic E-state index is 0.138. The van der Waals surface area contributed by atoms with Gasteiger partial charge < -0.3 is 10.2 Å². The normalized spacial score (nSPS) is 16.2. The van der Waals surface area contributed by atoms with Crippen LogP contribution in [0.15, 0.2) is 24.3 Å². The second kappa shape index (κ2) is 10.3. The number of rotatable bonds is 11. The van der Waals surface area contributed by atoms with Crippen molar-refractivity contribution in [2.24, 2.45) is 0 Å². The van der Waals surface area contributed by atoms with Gasteiger partial charge in [0.25, 0.3) is 0 Å². The van der Waals surface area contributed by atoms with Crippen molar-refractivity contribution < 1.29 is 19.8 Å². The summed E-state index contributed by atoms with van der Waals surface area (Å²) >= 11 is 0. The molecule has 0 unspecified atom stereocenters. The van der Waals surface area contributed by atoms with E-state index in [2.05, 4.69) is 11.9 Å². The van der Waals surface area contributed by atoms with Gasteiger partial charge in [0, 0.05) is 26.1 Å².